The first-order valence-electron chi connectivity index (χ1n) is 8.95. The molecular formula is C21H17F4NO4S. The van der Waals surface area contributed by atoms with Crippen LogP contribution in [0.3, 0.4) is 0 Å². The Kier molecular flexibility index (Phi) is 6.59. The van der Waals surface area contributed by atoms with Crippen molar-refractivity contribution in [2.75, 3.05) is 6.61 Å². The highest BCUT2D eigenvalue weighted by Gasteiger charge is 2.34. The number of carboxylic acids is 1. The van der Waals surface area contributed by atoms with Crippen LogP contribution >= 0.6 is 11.8 Å². The van der Waals surface area contributed by atoms with Crippen LogP contribution in [-0.2, 0) is 16.7 Å². The lowest BCUT2D eigenvalue weighted by molar-refractivity contribution is -0.140. The fraction of sp³-hybridized carbons (Fsp3) is 0.238. The van der Waals surface area contributed by atoms with Crippen molar-refractivity contribution in [3.63, 3.8) is 0 Å². The van der Waals surface area contributed by atoms with Crippen LogP contribution in [0.2, 0.25) is 0 Å². The molecular weight excluding hydrogens is 438 g/mol. The third-order valence-electron chi connectivity index (χ3n) is 4.17. The minimum absolute atomic E-state index is 0.0236. The molecule has 1 heterocycles. The van der Waals surface area contributed by atoms with Gasteiger partial charge in [-0.15, -0.1) is 11.8 Å². The Morgan fingerprint density at radius 3 is 2.58 bits per heavy atom. The first-order valence-corrected chi connectivity index (χ1v) is 9.94. The molecule has 0 saturated carbocycles. The Morgan fingerprint density at radius 2 is 1.94 bits per heavy atom. The van der Waals surface area contributed by atoms with Gasteiger partial charge in [-0.25, -0.2) is 14.2 Å². The molecule has 5 nitrogen and oxygen atoms in total. The van der Waals surface area contributed by atoms with Gasteiger partial charge in [0.15, 0.2) is 6.61 Å². The van der Waals surface area contributed by atoms with Crippen molar-refractivity contribution in [1.29, 1.82) is 0 Å². The van der Waals surface area contributed by atoms with Crippen LogP contribution in [0.15, 0.2) is 45.7 Å². The van der Waals surface area contributed by atoms with E-state index in [0.717, 1.165) is 22.6 Å². The van der Waals surface area contributed by atoms with Crippen molar-refractivity contribution < 1.29 is 36.6 Å². The zero-order valence-electron chi connectivity index (χ0n) is 16.4. The maximum atomic E-state index is 13.9. The Labute approximate surface area is 179 Å². The number of hydrogen-bond acceptors (Lipinski definition) is 5. The number of aliphatic carboxylic acids is 1. The molecule has 0 fully saturated rings. The van der Waals surface area contributed by atoms with E-state index in [1.807, 2.05) is 13.0 Å². The molecule has 0 aliphatic heterocycles. The second-order valence-corrected chi connectivity index (χ2v) is 7.72. The number of thioether (sulfide) groups is 1. The molecule has 0 unspecified atom stereocenters. The van der Waals surface area contributed by atoms with Crippen molar-refractivity contribution in [3.05, 3.63) is 64.8 Å². The highest BCUT2D eigenvalue weighted by Crippen LogP contribution is 2.35. The van der Waals surface area contributed by atoms with E-state index in [1.54, 1.807) is 19.1 Å². The number of halogens is 4. The van der Waals surface area contributed by atoms with Gasteiger partial charge < -0.3 is 14.3 Å². The summed E-state index contributed by atoms with van der Waals surface area (Å²) in [4.78, 5) is 15.7. The number of carbonyl (C=O) groups is 1. The quantitative estimate of drug-likeness (QED) is 0.355. The van der Waals surface area contributed by atoms with E-state index in [0.29, 0.717) is 29.0 Å². The lowest BCUT2D eigenvalue weighted by Crippen LogP contribution is -2.09. The van der Waals surface area contributed by atoms with E-state index in [1.165, 1.54) is 11.8 Å². The van der Waals surface area contributed by atoms with Crippen LogP contribution < -0.4 is 4.74 Å². The predicted molar refractivity (Wildman–Crippen MR) is 106 cm³/mol. The third kappa shape index (κ3) is 5.78. The molecule has 164 valence electrons. The van der Waals surface area contributed by atoms with E-state index in [-0.39, 0.29) is 11.5 Å². The van der Waals surface area contributed by atoms with Crippen molar-refractivity contribution in [1.82, 2.24) is 4.98 Å². The Balaban J connectivity index is 1.75. The highest BCUT2D eigenvalue weighted by molar-refractivity contribution is 7.98. The fourth-order valence-corrected chi connectivity index (χ4v) is 3.77. The molecule has 1 aromatic heterocycles. The molecule has 3 aromatic rings. The second kappa shape index (κ2) is 9.01. The summed E-state index contributed by atoms with van der Waals surface area (Å²) in [5.41, 5.74) is 0.152. The number of aryl methyl sites for hydroxylation is 2. The minimum atomic E-state index is -4.78. The number of nitrogens with zero attached hydrogens (tertiary/aromatic N) is 1. The molecule has 0 radical (unpaired) electrons. The van der Waals surface area contributed by atoms with Crippen molar-refractivity contribution >= 4 is 17.7 Å². The number of aromatic nitrogens is 1. The Morgan fingerprint density at radius 1 is 1.19 bits per heavy atom. The third-order valence-corrected chi connectivity index (χ3v) is 5.15. The van der Waals surface area contributed by atoms with Crippen LogP contribution in [0.25, 0.3) is 11.5 Å². The molecule has 0 amide bonds. The zero-order valence-corrected chi connectivity index (χ0v) is 17.2. The van der Waals surface area contributed by atoms with Gasteiger partial charge in [-0.1, -0.05) is 0 Å². The summed E-state index contributed by atoms with van der Waals surface area (Å²) in [6.45, 7) is 3.07. The first-order chi connectivity index (χ1) is 14.5. The van der Waals surface area contributed by atoms with E-state index >= 15 is 0 Å². The fourth-order valence-electron chi connectivity index (χ4n) is 2.74. The van der Waals surface area contributed by atoms with Gasteiger partial charge in [-0.05, 0) is 55.8 Å². The van der Waals surface area contributed by atoms with Crippen LogP contribution in [0, 0.1) is 19.7 Å². The lowest BCUT2D eigenvalue weighted by atomic mass is 10.1. The maximum absolute atomic E-state index is 13.9. The molecule has 0 atom stereocenters. The molecule has 1 N–H and O–H groups in total. The lowest BCUT2D eigenvalue weighted by Gasteiger charge is -2.08. The van der Waals surface area contributed by atoms with Gasteiger partial charge in [0.25, 0.3) is 0 Å². The summed E-state index contributed by atoms with van der Waals surface area (Å²) in [5, 5.41) is 8.74. The average Bonchev–Trinajstić information content (AvgIpc) is 3.04. The smallest absolute Gasteiger partial charge is 0.419 e. The average molecular weight is 455 g/mol. The molecule has 10 heteroatoms. The van der Waals surface area contributed by atoms with Crippen molar-refractivity contribution in [3.8, 4) is 17.2 Å². The van der Waals surface area contributed by atoms with Crippen LogP contribution in [0.5, 0.6) is 5.75 Å². The largest absolute Gasteiger partial charge is 0.482 e. The second-order valence-electron chi connectivity index (χ2n) is 6.67. The van der Waals surface area contributed by atoms with Crippen LogP contribution in [0.1, 0.15) is 22.6 Å². The summed E-state index contributed by atoms with van der Waals surface area (Å²) in [6, 6.07) is 7.81. The number of ether oxygens (including phenoxy) is 1. The van der Waals surface area contributed by atoms with E-state index in [4.69, 9.17) is 14.3 Å². The molecule has 31 heavy (non-hydrogen) atoms. The van der Waals surface area contributed by atoms with Crippen LogP contribution in [0.4, 0.5) is 17.6 Å². The van der Waals surface area contributed by atoms with Gasteiger partial charge in [-0.2, -0.15) is 13.2 Å². The van der Waals surface area contributed by atoms with Crippen molar-refractivity contribution in [2.24, 2.45) is 0 Å². The van der Waals surface area contributed by atoms with Crippen LogP contribution in [-0.4, -0.2) is 22.7 Å². The molecule has 0 saturated heterocycles. The zero-order chi connectivity index (χ0) is 22.8. The Bertz CT molecular complexity index is 1110. The number of oxazole rings is 1. The predicted octanol–water partition coefficient (Wildman–Crippen LogP) is 5.87. The summed E-state index contributed by atoms with van der Waals surface area (Å²) in [6.07, 6.45) is -4.78. The highest BCUT2D eigenvalue weighted by atomic mass is 32.2. The van der Waals surface area contributed by atoms with Gasteiger partial charge in [0.1, 0.15) is 17.3 Å². The Hall–Kier alpha value is -3.01. The monoisotopic (exact) mass is 455 g/mol. The normalized spacial score (nSPS) is 11.5. The van der Waals surface area contributed by atoms with E-state index in [9.17, 15) is 22.4 Å². The summed E-state index contributed by atoms with van der Waals surface area (Å²) >= 11 is 1.38. The van der Waals surface area contributed by atoms with Gasteiger partial charge in [0, 0.05) is 10.5 Å². The standard InChI is InChI=1S/C21H17F4NO4S/c1-11-5-14(29-9-19(27)28)8-15(6-11)31-10-18-12(2)26-20(30-18)13-3-4-16(17(22)7-13)21(23,24)25/h3-8H,9-10H2,1-2H3,(H,27,28). The summed E-state index contributed by atoms with van der Waals surface area (Å²) in [5.74, 6) is -1.21. The number of rotatable bonds is 7. The molecule has 0 bridgehead atoms. The summed E-state index contributed by atoms with van der Waals surface area (Å²) < 4.78 is 62.9. The first kappa shape index (κ1) is 22.7. The number of benzene rings is 2. The van der Waals surface area contributed by atoms with Gasteiger partial charge >= 0.3 is 12.1 Å². The van der Waals surface area contributed by atoms with E-state index in [2.05, 4.69) is 4.98 Å². The topological polar surface area (TPSA) is 72.6 Å². The van der Waals surface area contributed by atoms with Gasteiger partial charge in [-0.3, -0.25) is 0 Å². The van der Waals surface area contributed by atoms with E-state index < -0.39 is 30.1 Å². The number of carboxylic acid groups (broad SMARTS) is 1. The minimum Gasteiger partial charge on any atom is -0.482 e. The maximum Gasteiger partial charge on any atom is 0.419 e. The van der Waals surface area contributed by atoms with Crippen molar-refractivity contribution in [2.45, 2.75) is 30.7 Å². The summed E-state index contributed by atoms with van der Waals surface area (Å²) in [7, 11) is 0. The molecule has 0 aliphatic carbocycles. The number of alkyl halides is 3. The molecule has 0 spiro atoms. The SMILES string of the molecule is Cc1cc(OCC(=O)O)cc(SCc2oc(-c3ccc(C(F)(F)F)c(F)c3)nc2C)c1. The molecule has 0 aliphatic rings. The van der Waals surface area contributed by atoms with Gasteiger partial charge in [0.2, 0.25) is 5.89 Å². The molecule has 3 rings (SSSR count). The number of hydrogen-bond donors (Lipinski definition) is 1. The molecule has 2 aromatic carbocycles. The van der Waals surface area contributed by atoms with Gasteiger partial charge in [0.05, 0.1) is 17.0 Å².